The van der Waals surface area contributed by atoms with Gasteiger partial charge in [0.1, 0.15) is 5.76 Å². The fourth-order valence-electron chi connectivity index (χ4n) is 3.31. The van der Waals surface area contributed by atoms with E-state index in [1.165, 1.54) is 20.1 Å². The Bertz CT molecular complexity index is 991. The van der Waals surface area contributed by atoms with Crippen LogP contribution in [0.3, 0.4) is 0 Å². The van der Waals surface area contributed by atoms with Crippen LogP contribution in [-0.4, -0.2) is 31.5 Å². The van der Waals surface area contributed by atoms with Crippen molar-refractivity contribution in [2.24, 2.45) is 0 Å². The first kappa shape index (κ1) is 19.4. The summed E-state index contributed by atoms with van der Waals surface area (Å²) in [4.78, 5) is 38.6. The molecule has 1 aliphatic heterocycles. The van der Waals surface area contributed by atoms with Crippen LogP contribution in [-0.2, 0) is 19.1 Å². The van der Waals surface area contributed by atoms with Gasteiger partial charge in [0.25, 0.3) is 5.91 Å². The minimum absolute atomic E-state index is 0.303. The number of nitrogens with zero attached hydrogens (tertiary/aromatic N) is 1. The van der Waals surface area contributed by atoms with Gasteiger partial charge in [-0.15, -0.1) is 0 Å². The van der Waals surface area contributed by atoms with Crippen LogP contribution in [0.4, 0.5) is 5.69 Å². The van der Waals surface area contributed by atoms with Crippen LogP contribution in [0.25, 0.3) is 11.3 Å². The molecule has 0 radical (unpaired) electrons. The molecule has 2 aromatic rings. The number of hydrogen-bond acceptors (Lipinski definition) is 5. The third-order valence-electron chi connectivity index (χ3n) is 4.54. The molecule has 0 unspecified atom stereocenters. The summed E-state index contributed by atoms with van der Waals surface area (Å²) < 4.78 is 10.7. The third kappa shape index (κ3) is 3.17. The summed E-state index contributed by atoms with van der Waals surface area (Å²) in [6.07, 6.45) is 0. The molecule has 1 heterocycles. The molecule has 0 fully saturated rings. The number of ether oxygens (including phenoxy) is 2. The molecule has 2 aromatic carbocycles. The van der Waals surface area contributed by atoms with E-state index in [1.807, 2.05) is 37.3 Å². The van der Waals surface area contributed by atoms with Crippen molar-refractivity contribution in [2.45, 2.75) is 20.8 Å². The maximum Gasteiger partial charge on any atom is 0.338 e. The molecule has 2 amide bonds. The number of methoxy groups -OCH3 is 1. The van der Waals surface area contributed by atoms with E-state index < -0.39 is 17.8 Å². The van der Waals surface area contributed by atoms with Crippen LogP contribution in [0, 0.1) is 6.92 Å². The lowest BCUT2D eigenvalue weighted by atomic mass is 9.97. The molecule has 0 saturated heterocycles. The highest BCUT2D eigenvalue weighted by Gasteiger charge is 2.39. The molecule has 0 bridgehead atoms. The maximum absolute atomic E-state index is 13.2. The molecule has 6 heteroatoms. The topological polar surface area (TPSA) is 72.9 Å². The van der Waals surface area contributed by atoms with E-state index in [9.17, 15) is 14.4 Å². The van der Waals surface area contributed by atoms with Gasteiger partial charge in [0.05, 0.1) is 30.5 Å². The summed E-state index contributed by atoms with van der Waals surface area (Å²) in [6, 6.07) is 12.5. The third-order valence-corrected chi connectivity index (χ3v) is 4.54. The Kier molecular flexibility index (Phi) is 5.31. The number of benzene rings is 2. The largest absolute Gasteiger partial charge is 0.492 e. The Hall–Kier alpha value is -3.41. The van der Waals surface area contributed by atoms with Gasteiger partial charge in [0.15, 0.2) is 0 Å². The molecular formula is C22H21NO5. The Morgan fingerprint density at radius 3 is 2.36 bits per heavy atom. The maximum atomic E-state index is 13.2. The van der Waals surface area contributed by atoms with Gasteiger partial charge in [0.2, 0.25) is 5.91 Å². The van der Waals surface area contributed by atoms with E-state index in [2.05, 4.69) is 0 Å². The molecule has 0 spiro atoms. The van der Waals surface area contributed by atoms with Gasteiger partial charge >= 0.3 is 5.97 Å². The van der Waals surface area contributed by atoms with Crippen LogP contribution in [0.2, 0.25) is 0 Å². The Morgan fingerprint density at radius 1 is 1.11 bits per heavy atom. The SMILES string of the molecule is CCOC(=C1C(=O)N(C(C)=O)c2cc(C(=O)OC)c(C)cc21)c1ccccc1. The number of anilines is 1. The highest BCUT2D eigenvalue weighted by atomic mass is 16.5. The van der Waals surface area contributed by atoms with Gasteiger partial charge in [-0.2, -0.15) is 0 Å². The number of hydrogen-bond donors (Lipinski definition) is 0. The molecule has 0 aliphatic carbocycles. The Balaban J connectivity index is 2.34. The zero-order chi connectivity index (χ0) is 20.4. The average molecular weight is 379 g/mol. The number of amides is 2. The van der Waals surface area contributed by atoms with E-state index in [-0.39, 0.29) is 0 Å². The zero-order valence-electron chi connectivity index (χ0n) is 16.2. The quantitative estimate of drug-likeness (QED) is 0.461. The van der Waals surface area contributed by atoms with Gasteiger partial charge < -0.3 is 9.47 Å². The second-order valence-electron chi connectivity index (χ2n) is 6.34. The van der Waals surface area contributed by atoms with E-state index in [4.69, 9.17) is 9.47 Å². The molecule has 0 atom stereocenters. The number of aryl methyl sites for hydroxylation is 1. The van der Waals surface area contributed by atoms with Crippen LogP contribution in [0.5, 0.6) is 0 Å². The lowest BCUT2D eigenvalue weighted by Crippen LogP contribution is -2.31. The fourth-order valence-corrected chi connectivity index (χ4v) is 3.31. The molecule has 28 heavy (non-hydrogen) atoms. The first-order valence-electron chi connectivity index (χ1n) is 8.91. The van der Waals surface area contributed by atoms with Crippen molar-refractivity contribution in [3.63, 3.8) is 0 Å². The highest BCUT2D eigenvalue weighted by Crippen LogP contribution is 2.42. The fraction of sp³-hybridized carbons (Fsp3) is 0.227. The molecule has 0 aromatic heterocycles. The number of esters is 1. The molecule has 6 nitrogen and oxygen atoms in total. The summed E-state index contributed by atoms with van der Waals surface area (Å²) in [5.41, 5.74) is 2.89. The van der Waals surface area contributed by atoms with Gasteiger partial charge in [0, 0.05) is 18.1 Å². The van der Waals surface area contributed by atoms with E-state index in [0.29, 0.717) is 40.3 Å². The predicted octanol–water partition coefficient (Wildman–Crippen LogP) is 3.58. The van der Waals surface area contributed by atoms with Crippen molar-refractivity contribution in [3.8, 4) is 0 Å². The minimum atomic E-state index is -0.526. The first-order valence-corrected chi connectivity index (χ1v) is 8.91. The van der Waals surface area contributed by atoms with Crippen LogP contribution < -0.4 is 4.90 Å². The summed E-state index contributed by atoms with van der Waals surface area (Å²) in [6.45, 7) is 5.26. The minimum Gasteiger partial charge on any atom is -0.492 e. The predicted molar refractivity (Wildman–Crippen MR) is 106 cm³/mol. The van der Waals surface area contributed by atoms with Gasteiger partial charge in [-0.25, -0.2) is 9.69 Å². The lowest BCUT2D eigenvalue weighted by molar-refractivity contribution is -0.122. The van der Waals surface area contributed by atoms with Crippen LogP contribution in [0.15, 0.2) is 42.5 Å². The highest BCUT2D eigenvalue weighted by molar-refractivity contribution is 6.43. The zero-order valence-corrected chi connectivity index (χ0v) is 16.2. The molecule has 3 rings (SSSR count). The Morgan fingerprint density at radius 2 is 1.79 bits per heavy atom. The molecule has 0 saturated carbocycles. The standard InChI is InChI=1S/C22H21NO5/c1-5-28-20(15-9-7-6-8-10-15)19-17-11-13(2)16(22(26)27-4)12-18(17)23(14(3)24)21(19)25/h6-12H,5H2,1-4H3. The van der Waals surface area contributed by atoms with Crippen molar-refractivity contribution in [3.05, 3.63) is 64.7 Å². The van der Waals surface area contributed by atoms with Crippen molar-refractivity contribution in [1.82, 2.24) is 0 Å². The van der Waals surface area contributed by atoms with Gasteiger partial charge in [-0.1, -0.05) is 30.3 Å². The smallest absolute Gasteiger partial charge is 0.338 e. The molecule has 0 N–H and O–H groups in total. The van der Waals surface area contributed by atoms with Crippen molar-refractivity contribution in [1.29, 1.82) is 0 Å². The van der Waals surface area contributed by atoms with E-state index >= 15 is 0 Å². The van der Waals surface area contributed by atoms with E-state index in [0.717, 1.165) is 10.5 Å². The monoisotopic (exact) mass is 379 g/mol. The summed E-state index contributed by atoms with van der Waals surface area (Å²) >= 11 is 0. The van der Waals surface area contributed by atoms with Gasteiger partial charge in [-0.3, -0.25) is 9.59 Å². The molecule has 144 valence electrons. The number of carbonyl (C=O) groups excluding carboxylic acids is 3. The second-order valence-corrected chi connectivity index (χ2v) is 6.34. The van der Waals surface area contributed by atoms with Crippen molar-refractivity contribution >= 4 is 34.8 Å². The van der Waals surface area contributed by atoms with E-state index in [1.54, 1.807) is 13.0 Å². The van der Waals surface area contributed by atoms with Crippen LogP contribution >= 0.6 is 0 Å². The van der Waals surface area contributed by atoms with Gasteiger partial charge in [-0.05, 0) is 31.5 Å². The number of carbonyl (C=O) groups is 3. The van der Waals surface area contributed by atoms with Crippen LogP contribution in [0.1, 0.15) is 40.9 Å². The van der Waals surface area contributed by atoms with Crippen molar-refractivity contribution < 1.29 is 23.9 Å². The first-order chi connectivity index (χ1) is 13.4. The lowest BCUT2D eigenvalue weighted by Gasteiger charge is -2.14. The summed E-state index contributed by atoms with van der Waals surface area (Å²) in [5, 5.41) is 0. The molecular weight excluding hydrogens is 358 g/mol. The normalized spacial score (nSPS) is 14.6. The molecule has 1 aliphatic rings. The average Bonchev–Trinajstić information content (AvgIpc) is 2.96. The summed E-state index contributed by atoms with van der Waals surface area (Å²) in [5.74, 6) is -1.04. The summed E-state index contributed by atoms with van der Waals surface area (Å²) in [7, 11) is 1.29. The number of rotatable bonds is 4. The number of imide groups is 1. The van der Waals surface area contributed by atoms with Crippen molar-refractivity contribution in [2.75, 3.05) is 18.6 Å². The second kappa shape index (κ2) is 7.68. The number of fused-ring (bicyclic) bond motifs is 1. The Labute approximate surface area is 163 Å².